The number of nitrogens with zero attached hydrogens (tertiary/aromatic N) is 2. The molecule has 4 N–H and O–H groups in total. The second kappa shape index (κ2) is 5.59. The van der Waals surface area contributed by atoms with E-state index >= 15 is 0 Å². The Labute approximate surface area is 121 Å². The SMILES string of the molecule is CC1(/C(N)=N/O)CCN(C(=O)c2ccc(O)cc2F)CC1. The van der Waals surface area contributed by atoms with Crippen LogP contribution < -0.4 is 5.73 Å². The minimum absolute atomic E-state index is 0.0693. The molecule has 2 rings (SSSR count). The summed E-state index contributed by atoms with van der Waals surface area (Å²) in [5.41, 5.74) is 5.14. The van der Waals surface area contributed by atoms with E-state index in [2.05, 4.69) is 5.16 Å². The van der Waals surface area contributed by atoms with Gasteiger partial charge in [-0.05, 0) is 25.0 Å². The average molecular weight is 295 g/mol. The molecule has 0 bridgehead atoms. The van der Waals surface area contributed by atoms with Crippen molar-refractivity contribution in [3.05, 3.63) is 29.6 Å². The third kappa shape index (κ3) is 2.91. The number of phenolic OH excluding ortho intramolecular Hbond substituents is 1. The number of rotatable bonds is 2. The van der Waals surface area contributed by atoms with E-state index in [4.69, 9.17) is 10.9 Å². The molecule has 1 saturated heterocycles. The third-order valence-corrected chi connectivity index (χ3v) is 4.06. The normalized spacial score (nSPS) is 18.6. The van der Waals surface area contributed by atoms with Crippen LogP contribution in [0.2, 0.25) is 0 Å². The molecule has 1 aliphatic rings. The first-order valence-electron chi connectivity index (χ1n) is 6.63. The Hall–Kier alpha value is -2.31. The number of halogens is 1. The molecular formula is C14H18FN3O3. The number of aromatic hydroxyl groups is 1. The Morgan fingerprint density at radius 2 is 2.05 bits per heavy atom. The fraction of sp³-hybridized carbons (Fsp3) is 0.429. The molecule has 0 aliphatic carbocycles. The molecule has 1 aliphatic heterocycles. The van der Waals surface area contributed by atoms with E-state index in [0.29, 0.717) is 25.9 Å². The summed E-state index contributed by atoms with van der Waals surface area (Å²) in [7, 11) is 0. The van der Waals surface area contributed by atoms with Crippen LogP contribution in [-0.2, 0) is 0 Å². The van der Waals surface area contributed by atoms with Crippen molar-refractivity contribution in [2.75, 3.05) is 13.1 Å². The van der Waals surface area contributed by atoms with E-state index in [0.717, 1.165) is 6.07 Å². The number of likely N-dealkylation sites (tertiary alicyclic amines) is 1. The highest BCUT2D eigenvalue weighted by Gasteiger charge is 2.36. The number of amides is 1. The van der Waals surface area contributed by atoms with Crippen LogP contribution in [0, 0.1) is 11.2 Å². The number of benzene rings is 1. The Morgan fingerprint density at radius 3 is 2.57 bits per heavy atom. The summed E-state index contributed by atoms with van der Waals surface area (Å²) in [5, 5.41) is 21.0. The number of oxime groups is 1. The van der Waals surface area contributed by atoms with Crippen LogP contribution in [0.25, 0.3) is 0 Å². The van der Waals surface area contributed by atoms with Crippen molar-refractivity contribution in [3.8, 4) is 5.75 Å². The molecule has 0 atom stereocenters. The molecule has 1 fully saturated rings. The van der Waals surface area contributed by atoms with Crippen molar-refractivity contribution in [1.82, 2.24) is 4.90 Å². The van der Waals surface area contributed by atoms with Gasteiger partial charge in [-0.2, -0.15) is 0 Å². The zero-order valence-electron chi connectivity index (χ0n) is 11.7. The Balaban J connectivity index is 2.10. The number of hydrogen-bond acceptors (Lipinski definition) is 4. The van der Waals surface area contributed by atoms with Crippen molar-refractivity contribution >= 4 is 11.7 Å². The van der Waals surface area contributed by atoms with Gasteiger partial charge in [0, 0.05) is 24.6 Å². The Morgan fingerprint density at radius 1 is 1.43 bits per heavy atom. The van der Waals surface area contributed by atoms with Gasteiger partial charge in [0.15, 0.2) is 0 Å². The molecule has 21 heavy (non-hydrogen) atoms. The number of carbonyl (C=O) groups excluding carboxylic acids is 1. The van der Waals surface area contributed by atoms with Crippen molar-refractivity contribution < 1.29 is 19.5 Å². The van der Waals surface area contributed by atoms with Gasteiger partial charge >= 0.3 is 0 Å². The van der Waals surface area contributed by atoms with Gasteiger partial charge in [0.25, 0.3) is 5.91 Å². The predicted molar refractivity (Wildman–Crippen MR) is 74.7 cm³/mol. The second-order valence-corrected chi connectivity index (χ2v) is 5.50. The standard InChI is InChI=1S/C14H18FN3O3/c1-14(13(16)17-21)4-6-18(7-5-14)12(20)10-3-2-9(19)8-11(10)15/h2-3,8,19,21H,4-7H2,1H3,(H2,16,17). The summed E-state index contributed by atoms with van der Waals surface area (Å²) in [6.45, 7) is 2.66. The number of hydrogen-bond donors (Lipinski definition) is 3. The first-order valence-corrected chi connectivity index (χ1v) is 6.63. The van der Waals surface area contributed by atoms with Gasteiger partial charge in [0.1, 0.15) is 17.4 Å². The molecule has 0 spiro atoms. The van der Waals surface area contributed by atoms with E-state index in [1.54, 1.807) is 0 Å². The largest absolute Gasteiger partial charge is 0.508 e. The highest BCUT2D eigenvalue weighted by atomic mass is 19.1. The molecule has 0 aromatic heterocycles. The van der Waals surface area contributed by atoms with Gasteiger partial charge < -0.3 is 20.9 Å². The molecule has 0 saturated carbocycles. The van der Waals surface area contributed by atoms with Crippen LogP contribution in [-0.4, -0.2) is 40.0 Å². The monoisotopic (exact) mass is 295 g/mol. The molecule has 1 heterocycles. The molecule has 1 amide bonds. The summed E-state index contributed by atoms with van der Waals surface area (Å²) < 4.78 is 13.7. The zero-order valence-corrected chi connectivity index (χ0v) is 11.7. The number of phenols is 1. The second-order valence-electron chi connectivity index (χ2n) is 5.50. The quantitative estimate of drug-likeness (QED) is 0.333. The lowest BCUT2D eigenvalue weighted by Gasteiger charge is -2.38. The maximum Gasteiger partial charge on any atom is 0.256 e. The molecule has 7 heteroatoms. The van der Waals surface area contributed by atoms with Crippen molar-refractivity contribution in [2.45, 2.75) is 19.8 Å². The van der Waals surface area contributed by atoms with E-state index in [1.807, 2.05) is 6.92 Å². The lowest BCUT2D eigenvalue weighted by molar-refractivity contribution is 0.0662. The molecular weight excluding hydrogens is 277 g/mol. The van der Waals surface area contributed by atoms with Crippen LogP contribution >= 0.6 is 0 Å². The van der Waals surface area contributed by atoms with E-state index in [1.165, 1.54) is 17.0 Å². The van der Waals surface area contributed by atoms with Crippen LogP contribution in [0.3, 0.4) is 0 Å². The topological polar surface area (TPSA) is 99.2 Å². The number of piperidine rings is 1. The van der Waals surface area contributed by atoms with E-state index < -0.39 is 17.1 Å². The first kappa shape index (κ1) is 15.1. The summed E-state index contributed by atoms with van der Waals surface area (Å²) in [4.78, 5) is 13.8. The molecule has 0 radical (unpaired) electrons. The third-order valence-electron chi connectivity index (χ3n) is 4.06. The zero-order chi connectivity index (χ0) is 15.6. The smallest absolute Gasteiger partial charge is 0.256 e. The minimum Gasteiger partial charge on any atom is -0.508 e. The fourth-order valence-electron chi connectivity index (χ4n) is 2.43. The average Bonchev–Trinajstić information content (AvgIpc) is 2.46. The summed E-state index contributed by atoms with van der Waals surface area (Å²) in [6.07, 6.45) is 1.07. The number of carbonyl (C=O) groups is 1. The van der Waals surface area contributed by atoms with Crippen LogP contribution in [0.4, 0.5) is 4.39 Å². The number of nitrogens with two attached hydrogens (primary N) is 1. The van der Waals surface area contributed by atoms with Gasteiger partial charge in [-0.3, -0.25) is 4.79 Å². The summed E-state index contributed by atoms with van der Waals surface area (Å²) in [5.74, 6) is -1.24. The highest BCUT2D eigenvalue weighted by molar-refractivity contribution is 5.95. The van der Waals surface area contributed by atoms with Gasteiger partial charge in [-0.25, -0.2) is 4.39 Å². The van der Waals surface area contributed by atoms with Gasteiger partial charge in [0.2, 0.25) is 0 Å². The van der Waals surface area contributed by atoms with Gasteiger partial charge in [-0.15, -0.1) is 0 Å². The minimum atomic E-state index is -0.746. The molecule has 1 aromatic carbocycles. The van der Waals surface area contributed by atoms with Crippen molar-refractivity contribution in [3.63, 3.8) is 0 Å². The first-order chi connectivity index (χ1) is 9.87. The fourth-order valence-corrected chi connectivity index (χ4v) is 2.43. The van der Waals surface area contributed by atoms with Crippen LogP contribution in [0.1, 0.15) is 30.1 Å². The van der Waals surface area contributed by atoms with Gasteiger partial charge in [0.05, 0.1) is 5.56 Å². The predicted octanol–water partition coefficient (Wildman–Crippen LogP) is 1.52. The van der Waals surface area contributed by atoms with Gasteiger partial charge in [-0.1, -0.05) is 12.1 Å². The Kier molecular flexibility index (Phi) is 4.02. The maximum absolute atomic E-state index is 13.7. The van der Waals surface area contributed by atoms with Crippen molar-refractivity contribution in [1.29, 1.82) is 0 Å². The van der Waals surface area contributed by atoms with Crippen LogP contribution in [0.5, 0.6) is 5.75 Å². The lowest BCUT2D eigenvalue weighted by atomic mass is 9.79. The highest BCUT2D eigenvalue weighted by Crippen LogP contribution is 2.32. The van der Waals surface area contributed by atoms with E-state index in [-0.39, 0.29) is 17.1 Å². The molecule has 6 nitrogen and oxygen atoms in total. The number of amidine groups is 1. The van der Waals surface area contributed by atoms with Crippen molar-refractivity contribution in [2.24, 2.45) is 16.3 Å². The summed E-state index contributed by atoms with van der Waals surface area (Å²) in [6, 6.07) is 3.46. The Bertz CT molecular complexity index is 581. The maximum atomic E-state index is 13.7. The lowest BCUT2D eigenvalue weighted by Crippen LogP contribution is -2.47. The van der Waals surface area contributed by atoms with Crippen LogP contribution in [0.15, 0.2) is 23.4 Å². The summed E-state index contributed by atoms with van der Waals surface area (Å²) >= 11 is 0. The molecule has 114 valence electrons. The molecule has 1 aromatic rings. The molecule has 0 unspecified atom stereocenters. The van der Waals surface area contributed by atoms with E-state index in [9.17, 15) is 14.3 Å².